The van der Waals surface area contributed by atoms with Crippen LogP contribution >= 0.6 is 11.6 Å². The molecule has 5 nitrogen and oxygen atoms in total. The number of nitrogens with zero attached hydrogens (tertiary/aromatic N) is 2. The molecule has 1 fully saturated rings. The molecule has 1 heterocycles. The predicted molar refractivity (Wildman–Crippen MR) is 100.0 cm³/mol. The lowest BCUT2D eigenvalue weighted by Gasteiger charge is -2.21. The molecule has 1 saturated heterocycles. The number of halogens is 1. The van der Waals surface area contributed by atoms with Gasteiger partial charge in [0.05, 0.1) is 30.5 Å². The van der Waals surface area contributed by atoms with E-state index in [0.717, 1.165) is 36.7 Å². The highest BCUT2D eigenvalue weighted by Crippen LogP contribution is 2.32. The number of anilines is 2. The van der Waals surface area contributed by atoms with Gasteiger partial charge in [-0.15, -0.1) is 0 Å². The van der Waals surface area contributed by atoms with Crippen molar-refractivity contribution in [3.63, 3.8) is 0 Å². The van der Waals surface area contributed by atoms with Gasteiger partial charge in [-0.3, -0.25) is 0 Å². The Morgan fingerprint density at radius 1 is 1.20 bits per heavy atom. The smallest absolute Gasteiger partial charge is 0.124 e. The van der Waals surface area contributed by atoms with Crippen LogP contribution in [-0.2, 0) is 0 Å². The number of ether oxygens (including phenoxy) is 2. The van der Waals surface area contributed by atoms with Crippen LogP contribution in [0.2, 0.25) is 5.02 Å². The Morgan fingerprint density at radius 3 is 2.56 bits per heavy atom. The summed E-state index contributed by atoms with van der Waals surface area (Å²) in [5, 5.41) is 13.3. The van der Waals surface area contributed by atoms with Crippen molar-refractivity contribution in [1.29, 1.82) is 5.26 Å². The predicted octanol–water partition coefficient (Wildman–Crippen LogP) is 3.92. The Morgan fingerprint density at radius 2 is 1.92 bits per heavy atom. The SMILES string of the molecule is COc1cc(OC)cc(N2CCC(Nc3c(Cl)cccc3C#N)C2)c1. The number of para-hydroxylation sites is 1. The van der Waals surface area contributed by atoms with Crippen molar-refractivity contribution in [2.75, 3.05) is 37.5 Å². The van der Waals surface area contributed by atoms with E-state index in [-0.39, 0.29) is 6.04 Å². The summed E-state index contributed by atoms with van der Waals surface area (Å²) in [5.74, 6) is 1.53. The first-order valence-electron chi connectivity index (χ1n) is 8.07. The van der Waals surface area contributed by atoms with Crippen LogP contribution in [0.3, 0.4) is 0 Å². The summed E-state index contributed by atoms with van der Waals surface area (Å²) in [5.41, 5.74) is 2.33. The quantitative estimate of drug-likeness (QED) is 0.878. The van der Waals surface area contributed by atoms with Crippen molar-refractivity contribution in [2.45, 2.75) is 12.5 Å². The van der Waals surface area contributed by atoms with Gasteiger partial charge in [0.25, 0.3) is 0 Å². The fraction of sp³-hybridized carbons (Fsp3) is 0.316. The fourth-order valence-corrected chi connectivity index (χ4v) is 3.28. The molecule has 1 unspecified atom stereocenters. The molecule has 0 amide bonds. The van der Waals surface area contributed by atoms with E-state index in [1.807, 2.05) is 18.2 Å². The summed E-state index contributed by atoms with van der Waals surface area (Å²) < 4.78 is 10.7. The van der Waals surface area contributed by atoms with Crippen LogP contribution in [-0.4, -0.2) is 33.4 Å². The molecule has 130 valence electrons. The number of methoxy groups -OCH3 is 2. The summed E-state index contributed by atoms with van der Waals surface area (Å²) in [6, 6.07) is 13.6. The van der Waals surface area contributed by atoms with Crippen molar-refractivity contribution < 1.29 is 9.47 Å². The minimum atomic E-state index is 0.212. The molecule has 2 aromatic carbocycles. The molecule has 1 aliphatic heterocycles. The highest BCUT2D eigenvalue weighted by molar-refractivity contribution is 6.33. The zero-order chi connectivity index (χ0) is 17.8. The maximum absolute atomic E-state index is 9.28. The van der Waals surface area contributed by atoms with Gasteiger partial charge in [-0.1, -0.05) is 17.7 Å². The average molecular weight is 358 g/mol. The zero-order valence-corrected chi connectivity index (χ0v) is 15.0. The Bertz CT molecular complexity index is 781. The summed E-state index contributed by atoms with van der Waals surface area (Å²) in [4.78, 5) is 2.27. The maximum atomic E-state index is 9.28. The van der Waals surface area contributed by atoms with Crippen molar-refractivity contribution in [2.24, 2.45) is 0 Å². The molecule has 2 aromatic rings. The van der Waals surface area contributed by atoms with E-state index in [9.17, 15) is 5.26 Å². The molecule has 1 atom stereocenters. The molecule has 0 aliphatic carbocycles. The number of hydrogen-bond donors (Lipinski definition) is 1. The fourth-order valence-electron chi connectivity index (χ4n) is 3.06. The monoisotopic (exact) mass is 357 g/mol. The molecular formula is C19H20ClN3O2. The van der Waals surface area contributed by atoms with Crippen molar-refractivity contribution in [3.8, 4) is 17.6 Å². The molecule has 0 radical (unpaired) electrons. The summed E-state index contributed by atoms with van der Waals surface area (Å²) in [6.07, 6.45) is 0.954. The van der Waals surface area contributed by atoms with E-state index < -0.39 is 0 Å². The number of hydrogen-bond acceptors (Lipinski definition) is 5. The van der Waals surface area contributed by atoms with Crippen molar-refractivity contribution in [1.82, 2.24) is 0 Å². The minimum Gasteiger partial charge on any atom is -0.497 e. The number of nitrogens with one attached hydrogen (secondary N) is 1. The van der Waals surface area contributed by atoms with Crippen LogP contribution in [0, 0.1) is 11.3 Å². The van der Waals surface area contributed by atoms with Gasteiger partial charge in [0.1, 0.15) is 17.6 Å². The summed E-state index contributed by atoms with van der Waals surface area (Å²) in [7, 11) is 3.29. The van der Waals surface area contributed by atoms with E-state index in [1.165, 1.54) is 0 Å². The second-order valence-corrected chi connectivity index (χ2v) is 6.33. The molecule has 25 heavy (non-hydrogen) atoms. The van der Waals surface area contributed by atoms with E-state index >= 15 is 0 Å². The van der Waals surface area contributed by atoms with Gasteiger partial charge in [-0.2, -0.15) is 5.26 Å². The van der Waals surface area contributed by atoms with Crippen LogP contribution < -0.4 is 19.7 Å². The summed E-state index contributed by atoms with van der Waals surface area (Å²) >= 11 is 6.26. The van der Waals surface area contributed by atoms with Crippen LogP contribution in [0.4, 0.5) is 11.4 Å². The first-order valence-corrected chi connectivity index (χ1v) is 8.45. The first kappa shape index (κ1) is 17.2. The Labute approximate surface area is 152 Å². The molecule has 6 heteroatoms. The molecule has 0 spiro atoms. The number of rotatable bonds is 5. The van der Waals surface area contributed by atoms with Gasteiger partial charge >= 0.3 is 0 Å². The second-order valence-electron chi connectivity index (χ2n) is 5.92. The Balaban J connectivity index is 1.76. The Hall–Kier alpha value is -2.58. The molecular weight excluding hydrogens is 338 g/mol. The number of benzene rings is 2. The highest BCUT2D eigenvalue weighted by Gasteiger charge is 2.24. The zero-order valence-electron chi connectivity index (χ0n) is 14.3. The third kappa shape index (κ3) is 3.75. The van der Waals surface area contributed by atoms with E-state index in [0.29, 0.717) is 16.3 Å². The van der Waals surface area contributed by atoms with Crippen molar-refractivity contribution >= 4 is 23.0 Å². The lowest BCUT2D eigenvalue weighted by atomic mass is 10.1. The van der Waals surface area contributed by atoms with Gasteiger partial charge in [0.2, 0.25) is 0 Å². The normalized spacial score (nSPS) is 16.4. The van der Waals surface area contributed by atoms with Crippen LogP contribution in [0.15, 0.2) is 36.4 Å². The van der Waals surface area contributed by atoms with Gasteiger partial charge in [-0.05, 0) is 18.6 Å². The minimum absolute atomic E-state index is 0.212. The molecule has 3 rings (SSSR count). The first-order chi connectivity index (χ1) is 12.1. The van der Waals surface area contributed by atoms with Gasteiger partial charge in [0, 0.05) is 43.0 Å². The highest BCUT2D eigenvalue weighted by atomic mass is 35.5. The second kappa shape index (κ2) is 7.54. The van der Waals surface area contributed by atoms with Gasteiger partial charge in [0.15, 0.2) is 0 Å². The number of nitriles is 1. The van der Waals surface area contributed by atoms with E-state index in [4.69, 9.17) is 21.1 Å². The van der Waals surface area contributed by atoms with Gasteiger partial charge < -0.3 is 19.7 Å². The lowest BCUT2D eigenvalue weighted by Crippen LogP contribution is -2.26. The molecule has 0 saturated carbocycles. The van der Waals surface area contributed by atoms with Crippen LogP contribution in [0.25, 0.3) is 0 Å². The average Bonchev–Trinajstić information content (AvgIpc) is 3.11. The maximum Gasteiger partial charge on any atom is 0.124 e. The summed E-state index contributed by atoms with van der Waals surface area (Å²) in [6.45, 7) is 1.72. The molecule has 0 aromatic heterocycles. The van der Waals surface area contributed by atoms with E-state index in [2.05, 4.69) is 16.3 Å². The molecule has 1 N–H and O–H groups in total. The third-order valence-electron chi connectivity index (χ3n) is 4.37. The van der Waals surface area contributed by atoms with Gasteiger partial charge in [-0.25, -0.2) is 0 Å². The lowest BCUT2D eigenvalue weighted by molar-refractivity contribution is 0.394. The van der Waals surface area contributed by atoms with Crippen LogP contribution in [0.5, 0.6) is 11.5 Å². The molecule has 0 bridgehead atoms. The topological polar surface area (TPSA) is 57.5 Å². The largest absolute Gasteiger partial charge is 0.497 e. The van der Waals surface area contributed by atoms with Crippen LogP contribution in [0.1, 0.15) is 12.0 Å². The van der Waals surface area contributed by atoms with Crippen molar-refractivity contribution in [3.05, 3.63) is 47.0 Å². The molecule has 1 aliphatic rings. The standard InChI is InChI=1S/C19H20ClN3O2/c1-24-16-8-15(9-17(10-16)25-2)23-7-6-14(12-23)22-19-13(11-21)4-3-5-18(19)20/h3-5,8-10,14,22H,6-7,12H2,1-2H3. The third-order valence-corrected chi connectivity index (χ3v) is 4.69. The van der Waals surface area contributed by atoms with E-state index in [1.54, 1.807) is 32.4 Å². The Kier molecular flexibility index (Phi) is 5.20.